The summed E-state index contributed by atoms with van der Waals surface area (Å²) in [6.45, 7) is 3.91. The molecule has 0 unspecified atom stereocenters. The van der Waals surface area contributed by atoms with E-state index in [1.807, 2.05) is 0 Å². The first kappa shape index (κ1) is 22.3. The van der Waals surface area contributed by atoms with E-state index in [0.29, 0.717) is 12.2 Å². The van der Waals surface area contributed by atoms with Crippen LogP contribution in [0.3, 0.4) is 0 Å². The zero-order chi connectivity index (χ0) is 22.2. The average Bonchev–Trinajstić information content (AvgIpc) is 3.01. The van der Waals surface area contributed by atoms with Crippen molar-refractivity contribution in [3.63, 3.8) is 0 Å². The van der Waals surface area contributed by atoms with Gasteiger partial charge in [-0.1, -0.05) is 6.08 Å². The number of anilines is 1. The van der Waals surface area contributed by atoms with Gasteiger partial charge in [0.05, 0.1) is 24.1 Å². The zero-order valence-corrected chi connectivity index (χ0v) is 16.9. The highest BCUT2D eigenvalue weighted by Crippen LogP contribution is 2.38. The lowest BCUT2D eigenvalue weighted by Crippen LogP contribution is -2.61. The van der Waals surface area contributed by atoms with E-state index in [4.69, 9.17) is 12.2 Å². The summed E-state index contributed by atoms with van der Waals surface area (Å²) in [4.78, 5) is 16.1. The van der Waals surface area contributed by atoms with Gasteiger partial charge in [-0.3, -0.25) is 4.79 Å². The highest BCUT2D eigenvalue weighted by molar-refractivity contribution is 7.80. The van der Waals surface area contributed by atoms with Crippen molar-refractivity contribution in [3.8, 4) is 5.75 Å². The Morgan fingerprint density at radius 2 is 2.03 bits per heavy atom. The number of carbonyl (C=O) groups excluding carboxylic acids is 1. The van der Waals surface area contributed by atoms with Crippen molar-refractivity contribution in [1.29, 1.82) is 0 Å². The largest absolute Gasteiger partial charge is 0.573 e. The Bertz CT molecular complexity index is 820. The maximum absolute atomic E-state index is 13.0. The van der Waals surface area contributed by atoms with Crippen molar-refractivity contribution in [3.05, 3.63) is 36.9 Å². The Hall–Kier alpha value is -2.37. The van der Waals surface area contributed by atoms with Gasteiger partial charge in [-0.15, -0.1) is 19.8 Å². The molecule has 7 nitrogen and oxygen atoms in total. The van der Waals surface area contributed by atoms with Gasteiger partial charge >= 0.3 is 6.36 Å². The summed E-state index contributed by atoms with van der Waals surface area (Å²) in [7, 11) is 1.60. The number of hydrogen-bond donors (Lipinski definition) is 3. The number of aliphatic hydroxyl groups excluding tert-OH is 2. The number of alkyl halides is 3. The molecular weight excluding hydrogens is 423 g/mol. The molecule has 0 bridgehead atoms. The molecular formula is C19H22F3N3O4S. The lowest BCUT2D eigenvalue weighted by molar-refractivity contribution is -0.274. The summed E-state index contributed by atoms with van der Waals surface area (Å²) in [5, 5.41) is 23.9. The molecule has 0 spiro atoms. The van der Waals surface area contributed by atoms with Crippen LogP contribution >= 0.6 is 12.2 Å². The number of aliphatic hydroxyl groups is 2. The maximum Gasteiger partial charge on any atom is 0.573 e. The summed E-state index contributed by atoms with van der Waals surface area (Å²) in [6.07, 6.45) is -5.53. The number of rotatable bonds is 5. The van der Waals surface area contributed by atoms with Crippen molar-refractivity contribution >= 4 is 28.9 Å². The minimum absolute atomic E-state index is 0.0126. The molecule has 11 heteroatoms. The zero-order valence-electron chi connectivity index (χ0n) is 16.0. The molecule has 1 saturated heterocycles. The average molecular weight is 445 g/mol. The number of hydrogen-bond acceptors (Lipinski definition) is 5. The summed E-state index contributed by atoms with van der Waals surface area (Å²) in [5.74, 6) is -1.36. The second kappa shape index (κ2) is 8.40. The van der Waals surface area contributed by atoms with Crippen molar-refractivity contribution in [2.24, 2.45) is 5.92 Å². The third-order valence-corrected chi connectivity index (χ3v) is 5.60. The van der Waals surface area contributed by atoms with E-state index in [9.17, 15) is 28.2 Å². The first-order valence-electron chi connectivity index (χ1n) is 9.21. The minimum Gasteiger partial charge on any atom is -0.406 e. The lowest BCUT2D eigenvalue weighted by Gasteiger charge is -2.42. The summed E-state index contributed by atoms with van der Waals surface area (Å²) in [5.41, 5.74) is 0.433. The van der Waals surface area contributed by atoms with E-state index < -0.39 is 42.3 Å². The number of halogens is 3. The van der Waals surface area contributed by atoms with E-state index in [2.05, 4.69) is 16.6 Å². The fourth-order valence-electron chi connectivity index (χ4n) is 4.00. The maximum atomic E-state index is 13.0. The van der Waals surface area contributed by atoms with Crippen LogP contribution in [0.25, 0.3) is 0 Å². The van der Waals surface area contributed by atoms with Crippen LogP contribution in [-0.4, -0.2) is 70.4 Å². The molecule has 2 aliphatic rings. The summed E-state index contributed by atoms with van der Waals surface area (Å²) >= 11 is 5.38. The molecule has 1 aromatic rings. The van der Waals surface area contributed by atoms with Crippen LogP contribution in [0.5, 0.6) is 5.75 Å². The number of amides is 1. The van der Waals surface area contributed by atoms with Gasteiger partial charge in [0, 0.05) is 19.3 Å². The van der Waals surface area contributed by atoms with Crippen LogP contribution in [0.15, 0.2) is 36.9 Å². The van der Waals surface area contributed by atoms with Gasteiger partial charge in [-0.2, -0.15) is 0 Å². The number of nitrogens with zero attached hydrogens (tertiary/aromatic N) is 2. The molecule has 1 saturated carbocycles. The van der Waals surface area contributed by atoms with E-state index in [1.165, 1.54) is 17.0 Å². The van der Waals surface area contributed by atoms with Gasteiger partial charge in [-0.05, 0) is 42.9 Å². The first-order valence-corrected chi connectivity index (χ1v) is 9.62. The molecule has 1 amide bonds. The highest BCUT2D eigenvalue weighted by Gasteiger charge is 2.54. The Labute approximate surface area is 176 Å². The molecule has 3 N–H and O–H groups in total. The Balaban J connectivity index is 1.93. The van der Waals surface area contributed by atoms with Crippen LogP contribution in [0.1, 0.15) is 6.42 Å². The van der Waals surface area contributed by atoms with Gasteiger partial charge in [0.15, 0.2) is 5.11 Å². The van der Waals surface area contributed by atoms with Crippen LogP contribution < -0.4 is 15.0 Å². The number of nitrogens with one attached hydrogen (secondary N) is 1. The van der Waals surface area contributed by atoms with Crippen molar-refractivity contribution < 1.29 is 32.9 Å². The smallest absolute Gasteiger partial charge is 0.406 e. The van der Waals surface area contributed by atoms with E-state index >= 15 is 0 Å². The van der Waals surface area contributed by atoms with Crippen LogP contribution in [0, 0.1) is 5.92 Å². The first-order chi connectivity index (χ1) is 14.0. The Morgan fingerprint density at radius 3 is 2.60 bits per heavy atom. The third-order valence-electron chi connectivity index (χ3n) is 5.29. The normalized spacial score (nSPS) is 28.5. The molecule has 1 aliphatic carbocycles. The van der Waals surface area contributed by atoms with Crippen LogP contribution in [-0.2, 0) is 4.79 Å². The predicted molar refractivity (Wildman–Crippen MR) is 107 cm³/mol. The number of carbonyl (C=O) groups is 1. The van der Waals surface area contributed by atoms with Crippen LogP contribution in [0.2, 0.25) is 0 Å². The Kier molecular flexibility index (Phi) is 6.25. The molecule has 1 heterocycles. The topological polar surface area (TPSA) is 85.3 Å². The van der Waals surface area contributed by atoms with E-state index in [0.717, 1.165) is 12.1 Å². The van der Waals surface area contributed by atoms with Gasteiger partial charge in [0.25, 0.3) is 0 Å². The molecule has 0 aromatic heterocycles. The van der Waals surface area contributed by atoms with Crippen LogP contribution in [0.4, 0.5) is 18.9 Å². The molecule has 2 fully saturated rings. The number of benzene rings is 1. The number of fused-ring (bicyclic) bond motifs is 1. The Morgan fingerprint density at radius 1 is 1.40 bits per heavy atom. The predicted octanol–water partition coefficient (Wildman–Crippen LogP) is 1.40. The fourth-order valence-corrected chi connectivity index (χ4v) is 4.36. The molecule has 0 radical (unpaired) electrons. The van der Waals surface area contributed by atoms with Gasteiger partial charge in [0.1, 0.15) is 11.9 Å². The van der Waals surface area contributed by atoms with Crippen molar-refractivity contribution in [2.45, 2.75) is 37.1 Å². The second-order valence-corrected chi connectivity index (χ2v) is 7.67. The summed E-state index contributed by atoms with van der Waals surface area (Å²) in [6, 6.07) is 3.72. The lowest BCUT2D eigenvalue weighted by atomic mass is 9.77. The summed E-state index contributed by atoms with van der Waals surface area (Å²) < 4.78 is 41.2. The molecule has 30 heavy (non-hydrogen) atoms. The standard InChI is InChI=1S/C19H22F3N3O4S/c1-3-8-24(2)17(28)12-9-13(26)16(27)14-15(12)25(18(30)23-14)10-4-6-11(7-5-10)29-19(20,21)22/h3-7,12-16,26-27H,1,8-9H2,2H3,(H,23,30)/t12-,13-,14-,15-,16+/m1/s1. The van der Waals surface area contributed by atoms with E-state index in [1.54, 1.807) is 18.0 Å². The fraction of sp³-hybridized carbons (Fsp3) is 0.474. The quantitative estimate of drug-likeness (QED) is 0.467. The molecule has 164 valence electrons. The van der Waals surface area contributed by atoms with Crippen molar-refractivity contribution in [2.75, 3.05) is 18.5 Å². The minimum atomic E-state index is -4.81. The highest BCUT2D eigenvalue weighted by atomic mass is 32.1. The second-order valence-electron chi connectivity index (χ2n) is 7.29. The third kappa shape index (κ3) is 4.37. The molecule has 5 atom stereocenters. The SMILES string of the molecule is C=CCN(C)C(=O)[C@@H]1C[C@@H](O)[C@H](O)[C@@H]2NC(=S)N(c3ccc(OC(F)(F)F)cc3)[C@@H]21. The number of likely N-dealkylation sites (N-methyl/N-ethyl adjacent to an activating group) is 1. The number of thiocarbonyl (C=S) groups is 1. The van der Waals surface area contributed by atoms with Gasteiger partial charge in [-0.25, -0.2) is 0 Å². The van der Waals surface area contributed by atoms with Crippen molar-refractivity contribution in [1.82, 2.24) is 10.2 Å². The van der Waals surface area contributed by atoms with E-state index in [-0.39, 0.29) is 17.4 Å². The monoisotopic (exact) mass is 445 g/mol. The molecule has 3 rings (SSSR count). The molecule has 1 aliphatic heterocycles. The van der Waals surface area contributed by atoms with Gasteiger partial charge in [0.2, 0.25) is 5.91 Å². The molecule has 1 aromatic carbocycles. The van der Waals surface area contributed by atoms with Gasteiger partial charge < -0.3 is 30.1 Å². The number of ether oxygens (including phenoxy) is 1.